The highest BCUT2D eigenvalue weighted by atomic mass is 32.2. The minimum atomic E-state index is -3.14. The first-order valence-corrected chi connectivity index (χ1v) is 9.01. The van der Waals surface area contributed by atoms with E-state index in [0.717, 1.165) is 6.26 Å². The number of urea groups is 1. The van der Waals surface area contributed by atoms with Crippen LogP contribution in [0.15, 0.2) is 5.38 Å². The summed E-state index contributed by atoms with van der Waals surface area (Å²) >= 11 is 1.21. The Balaban J connectivity index is 2.31. The number of nitrogens with zero attached hydrogens (tertiary/aromatic N) is 1. The van der Waals surface area contributed by atoms with Crippen LogP contribution in [0, 0.1) is 0 Å². The summed E-state index contributed by atoms with van der Waals surface area (Å²) in [5.41, 5.74) is -0.0128. The fourth-order valence-electron chi connectivity index (χ4n) is 1.58. The first-order valence-electron chi connectivity index (χ1n) is 6.07. The second-order valence-corrected chi connectivity index (χ2v) is 7.70. The highest BCUT2D eigenvalue weighted by Gasteiger charge is 2.13. The lowest BCUT2D eigenvalue weighted by Gasteiger charge is -2.13. The van der Waals surface area contributed by atoms with Gasteiger partial charge in [-0.2, -0.15) is 0 Å². The van der Waals surface area contributed by atoms with Crippen LogP contribution in [0.5, 0.6) is 0 Å². The van der Waals surface area contributed by atoms with Gasteiger partial charge in [-0.3, -0.25) is 0 Å². The minimum Gasteiger partial charge on any atom is -0.476 e. The largest absolute Gasteiger partial charge is 0.476 e. The van der Waals surface area contributed by atoms with E-state index >= 15 is 0 Å². The molecule has 0 aromatic carbocycles. The fourth-order valence-corrected chi connectivity index (χ4v) is 3.34. The molecule has 0 aliphatic heterocycles. The van der Waals surface area contributed by atoms with E-state index in [1.54, 1.807) is 6.92 Å². The molecule has 0 radical (unpaired) electrons. The van der Waals surface area contributed by atoms with Crippen molar-refractivity contribution in [3.63, 3.8) is 0 Å². The van der Waals surface area contributed by atoms with E-state index in [1.165, 1.54) is 16.7 Å². The third kappa shape index (κ3) is 7.04. The van der Waals surface area contributed by atoms with E-state index < -0.39 is 27.9 Å². The maximum Gasteiger partial charge on any atom is 0.355 e. The lowest BCUT2D eigenvalue weighted by molar-refractivity contribution is 0.0691. The Labute approximate surface area is 126 Å². The minimum absolute atomic E-state index is 0.0128. The molecule has 1 aromatic heterocycles. The van der Waals surface area contributed by atoms with Crippen LogP contribution in [0.2, 0.25) is 0 Å². The first kappa shape index (κ1) is 17.4. The van der Waals surface area contributed by atoms with Gasteiger partial charge in [0.15, 0.2) is 5.69 Å². The maximum absolute atomic E-state index is 11.5. The molecule has 0 saturated heterocycles. The molecule has 0 spiro atoms. The highest BCUT2D eigenvalue weighted by molar-refractivity contribution is 7.90. The SMILES string of the molecule is CC(CS(C)(=O)=O)NC(=O)NCCc1nc(C(=O)O)cs1. The van der Waals surface area contributed by atoms with E-state index in [-0.39, 0.29) is 18.0 Å². The van der Waals surface area contributed by atoms with E-state index in [0.29, 0.717) is 11.4 Å². The number of aromatic nitrogens is 1. The number of thiazole rings is 1. The van der Waals surface area contributed by atoms with Crippen molar-refractivity contribution < 1.29 is 23.1 Å². The number of amides is 2. The standard InChI is InChI=1S/C11H17N3O5S2/c1-7(6-21(2,18)19)13-11(17)12-4-3-9-14-8(5-20-9)10(15)16/h5,7H,3-4,6H2,1-2H3,(H,15,16)(H2,12,13,17). The predicted molar refractivity (Wildman–Crippen MR) is 78.5 cm³/mol. The van der Waals surface area contributed by atoms with E-state index in [1.807, 2.05) is 0 Å². The quantitative estimate of drug-likeness (QED) is 0.649. The van der Waals surface area contributed by atoms with Crippen LogP contribution in [-0.2, 0) is 16.3 Å². The average Bonchev–Trinajstić information content (AvgIpc) is 2.74. The summed E-state index contributed by atoms with van der Waals surface area (Å²) in [6, 6.07) is -0.959. The predicted octanol–water partition coefficient (Wildman–Crippen LogP) is 0.116. The van der Waals surface area contributed by atoms with Crippen molar-refractivity contribution in [3.05, 3.63) is 16.1 Å². The third-order valence-corrected chi connectivity index (χ3v) is 4.34. The van der Waals surface area contributed by atoms with Crippen molar-refractivity contribution in [2.24, 2.45) is 0 Å². The number of aromatic carboxylic acids is 1. The Bertz CT molecular complexity index is 611. The number of carbonyl (C=O) groups is 2. The molecule has 2 amide bonds. The normalized spacial score (nSPS) is 12.7. The number of hydrogen-bond donors (Lipinski definition) is 3. The Morgan fingerprint density at radius 2 is 2.14 bits per heavy atom. The van der Waals surface area contributed by atoms with Crippen LogP contribution >= 0.6 is 11.3 Å². The fraction of sp³-hybridized carbons (Fsp3) is 0.545. The van der Waals surface area contributed by atoms with Gasteiger partial charge < -0.3 is 15.7 Å². The lowest BCUT2D eigenvalue weighted by Crippen LogP contribution is -2.44. The number of nitrogens with one attached hydrogen (secondary N) is 2. The van der Waals surface area contributed by atoms with Crippen molar-refractivity contribution in [1.29, 1.82) is 0 Å². The molecule has 0 saturated carbocycles. The number of carboxylic acid groups (broad SMARTS) is 1. The molecule has 1 rings (SSSR count). The number of rotatable bonds is 7. The highest BCUT2D eigenvalue weighted by Crippen LogP contribution is 2.09. The van der Waals surface area contributed by atoms with Crippen molar-refractivity contribution in [2.75, 3.05) is 18.6 Å². The smallest absolute Gasteiger partial charge is 0.355 e. The molecular formula is C11H17N3O5S2. The molecule has 0 aliphatic rings. The van der Waals surface area contributed by atoms with Crippen molar-refractivity contribution in [1.82, 2.24) is 15.6 Å². The van der Waals surface area contributed by atoms with Crippen LogP contribution < -0.4 is 10.6 Å². The van der Waals surface area contributed by atoms with Crippen LogP contribution in [0.4, 0.5) is 4.79 Å². The number of hydrogen-bond acceptors (Lipinski definition) is 6. The summed E-state index contributed by atoms with van der Waals surface area (Å²) < 4.78 is 22.1. The van der Waals surface area contributed by atoms with E-state index in [4.69, 9.17) is 5.11 Å². The van der Waals surface area contributed by atoms with Gasteiger partial charge in [-0.1, -0.05) is 0 Å². The van der Waals surface area contributed by atoms with Gasteiger partial charge in [0.2, 0.25) is 0 Å². The summed E-state index contributed by atoms with van der Waals surface area (Å²) in [6.07, 6.45) is 1.51. The van der Waals surface area contributed by atoms with Crippen LogP contribution in [0.3, 0.4) is 0 Å². The molecular weight excluding hydrogens is 318 g/mol. The van der Waals surface area contributed by atoms with Crippen molar-refractivity contribution in [2.45, 2.75) is 19.4 Å². The molecule has 1 aromatic rings. The molecule has 10 heteroatoms. The summed E-state index contributed by atoms with van der Waals surface area (Å²) in [6.45, 7) is 1.88. The maximum atomic E-state index is 11.5. The summed E-state index contributed by atoms with van der Waals surface area (Å²) in [5, 5.41) is 15.8. The molecule has 8 nitrogen and oxygen atoms in total. The van der Waals surface area contributed by atoms with Crippen LogP contribution in [0.25, 0.3) is 0 Å². The Hall–Kier alpha value is -1.68. The van der Waals surface area contributed by atoms with Crippen molar-refractivity contribution in [3.8, 4) is 0 Å². The summed E-state index contributed by atoms with van der Waals surface area (Å²) in [4.78, 5) is 26.0. The van der Waals surface area contributed by atoms with Gasteiger partial charge in [-0.25, -0.2) is 23.0 Å². The molecule has 21 heavy (non-hydrogen) atoms. The number of carboxylic acids is 1. The Morgan fingerprint density at radius 3 is 2.67 bits per heavy atom. The summed E-state index contributed by atoms with van der Waals surface area (Å²) in [7, 11) is -3.14. The number of sulfone groups is 1. The molecule has 1 atom stereocenters. The van der Waals surface area contributed by atoms with Gasteiger partial charge in [0, 0.05) is 30.6 Å². The lowest BCUT2D eigenvalue weighted by atomic mass is 10.4. The zero-order chi connectivity index (χ0) is 16.0. The van der Waals surface area contributed by atoms with Gasteiger partial charge in [-0.15, -0.1) is 11.3 Å². The van der Waals surface area contributed by atoms with Crippen LogP contribution in [-0.4, -0.2) is 55.1 Å². The van der Waals surface area contributed by atoms with Gasteiger partial charge in [0.25, 0.3) is 0 Å². The summed E-state index contributed by atoms with van der Waals surface area (Å²) in [5.74, 6) is -1.22. The van der Waals surface area contributed by atoms with Crippen LogP contribution in [0.1, 0.15) is 22.4 Å². The Morgan fingerprint density at radius 1 is 1.48 bits per heavy atom. The number of carbonyl (C=O) groups excluding carboxylic acids is 1. The van der Waals surface area contributed by atoms with Gasteiger partial charge >= 0.3 is 12.0 Å². The monoisotopic (exact) mass is 335 g/mol. The Kier molecular flexibility index (Phi) is 6.09. The molecule has 1 unspecified atom stereocenters. The zero-order valence-electron chi connectivity index (χ0n) is 11.6. The van der Waals surface area contributed by atoms with Gasteiger partial charge in [0.05, 0.1) is 10.8 Å². The molecule has 3 N–H and O–H groups in total. The molecule has 0 bridgehead atoms. The van der Waals surface area contributed by atoms with E-state index in [2.05, 4.69) is 15.6 Å². The third-order valence-electron chi connectivity index (χ3n) is 2.33. The first-order chi connectivity index (χ1) is 9.67. The van der Waals surface area contributed by atoms with E-state index in [9.17, 15) is 18.0 Å². The topological polar surface area (TPSA) is 125 Å². The second-order valence-electron chi connectivity index (χ2n) is 4.58. The van der Waals surface area contributed by atoms with Crippen molar-refractivity contribution >= 4 is 33.2 Å². The van der Waals surface area contributed by atoms with Gasteiger partial charge in [0.1, 0.15) is 9.84 Å². The zero-order valence-corrected chi connectivity index (χ0v) is 13.3. The molecule has 1 heterocycles. The molecule has 0 aliphatic carbocycles. The molecule has 118 valence electrons. The average molecular weight is 335 g/mol. The van der Waals surface area contributed by atoms with Gasteiger partial charge in [-0.05, 0) is 6.92 Å². The second kappa shape index (κ2) is 7.36. The molecule has 0 fully saturated rings.